The van der Waals surface area contributed by atoms with Gasteiger partial charge in [-0.3, -0.25) is 37.3 Å². The van der Waals surface area contributed by atoms with Crippen LogP contribution >= 0.6 is 15.6 Å². The number of carbonyl (C=O) groups excluding carboxylic acids is 4. The quantitative estimate of drug-likeness (QED) is 0.0169. The van der Waals surface area contributed by atoms with Gasteiger partial charge in [-0.2, -0.15) is 0 Å². The Morgan fingerprint density at radius 3 is 0.865 bits per heavy atom. The van der Waals surface area contributed by atoms with E-state index in [1.165, 1.54) is 38.5 Å². The van der Waals surface area contributed by atoms with Gasteiger partial charge in [0.05, 0.1) is 32.8 Å². The summed E-state index contributed by atoms with van der Waals surface area (Å²) in [5.41, 5.74) is 0. The number of aliphatic hydroxyl groups is 1. The highest BCUT2D eigenvalue weighted by Crippen LogP contribution is 2.45. The van der Waals surface area contributed by atoms with Gasteiger partial charge in [-0.05, 0) is 135 Å². The van der Waals surface area contributed by atoms with Crippen LogP contribution in [-0.4, -0.2) is 96.7 Å². The number of phosphoric ester groups is 2. The smallest absolute Gasteiger partial charge is 0.462 e. The molecular formula is C85H138O17P2. The van der Waals surface area contributed by atoms with Crippen molar-refractivity contribution in [1.29, 1.82) is 0 Å². The molecule has 590 valence electrons. The van der Waals surface area contributed by atoms with Crippen LogP contribution in [0, 0.1) is 0 Å². The molecule has 0 aromatic carbocycles. The standard InChI is InChI=1S/C85H138O17P2/c1-5-9-13-17-21-25-29-32-35-37-39-41-44-46-50-53-57-61-65-69-82(87)95-75-80(101-84(89)71-67-63-59-55-49-28-24-20-16-12-8-4)77-99-103(91,92)97-73-79(86)74-98-104(93,94)100-78-81(102-85(90)72-68-64-60-56-52-48-43-34-31-27-23-19-15-11-7-3)76-96-83(88)70-66-62-58-54-51-47-45-42-40-38-36-33-30-26-22-18-14-10-6-2/h9-11,13-15,21-23,25-27,32-36,39-43,46,50,52,56,64,68,79-81,86H,5-8,12,16-20,24,28-31,37-38,44-45,47-49,51,53-55,57-63,65-67,69-78H2,1-4H3,(H,91,92)(H,93,94)/b13-9-,14-10-,15-11-,25-21-,26-22-,27-23-,35-32-,36-33-,41-39-,42-40-,43-34-,50-46-,56-52-,68-64-. The van der Waals surface area contributed by atoms with Crippen molar-refractivity contribution in [1.82, 2.24) is 0 Å². The fraction of sp³-hybridized carbons (Fsp3) is 0.624. The highest BCUT2D eigenvalue weighted by molar-refractivity contribution is 7.47. The molecule has 0 heterocycles. The number of phosphoric acid groups is 2. The van der Waals surface area contributed by atoms with Crippen LogP contribution in [0.2, 0.25) is 0 Å². The van der Waals surface area contributed by atoms with Crippen molar-refractivity contribution < 1.29 is 80.2 Å². The van der Waals surface area contributed by atoms with Gasteiger partial charge >= 0.3 is 39.5 Å². The number of carbonyl (C=O) groups is 4. The summed E-state index contributed by atoms with van der Waals surface area (Å²) in [5, 5.41) is 10.6. The van der Waals surface area contributed by atoms with Crippen molar-refractivity contribution in [3.63, 3.8) is 0 Å². The zero-order valence-electron chi connectivity index (χ0n) is 64.4. The van der Waals surface area contributed by atoms with E-state index < -0.39 is 97.5 Å². The summed E-state index contributed by atoms with van der Waals surface area (Å²) in [4.78, 5) is 72.9. The van der Waals surface area contributed by atoms with Crippen molar-refractivity contribution in [3.05, 3.63) is 170 Å². The molecule has 0 saturated carbocycles. The topological polar surface area (TPSA) is 237 Å². The van der Waals surface area contributed by atoms with Crippen molar-refractivity contribution >= 4 is 39.5 Å². The minimum absolute atomic E-state index is 0.0815. The molecule has 3 N–H and O–H groups in total. The molecule has 17 nitrogen and oxygen atoms in total. The van der Waals surface area contributed by atoms with Crippen LogP contribution < -0.4 is 0 Å². The first kappa shape index (κ1) is 98.4. The van der Waals surface area contributed by atoms with Gasteiger partial charge in [-0.1, -0.05) is 294 Å². The minimum Gasteiger partial charge on any atom is -0.462 e. The average molecular weight is 1490 g/mol. The first-order valence-corrected chi connectivity index (χ1v) is 42.4. The molecule has 0 bridgehead atoms. The number of aliphatic hydroxyl groups excluding tert-OH is 1. The predicted molar refractivity (Wildman–Crippen MR) is 426 cm³/mol. The van der Waals surface area contributed by atoms with Crippen LogP contribution in [0.25, 0.3) is 0 Å². The summed E-state index contributed by atoms with van der Waals surface area (Å²) in [6, 6.07) is 0. The first-order chi connectivity index (χ1) is 50.7. The maximum Gasteiger partial charge on any atom is 0.472 e. The normalized spacial score (nSPS) is 14.8. The Kier molecular flexibility index (Phi) is 71.6. The first-order valence-electron chi connectivity index (χ1n) is 39.4. The van der Waals surface area contributed by atoms with Crippen LogP contribution in [0.4, 0.5) is 0 Å². The lowest BCUT2D eigenvalue weighted by Gasteiger charge is -2.21. The Hall–Kier alpha value is -5.58. The molecule has 0 aliphatic heterocycles. The summed E-state index contributed by atoms with van der Waals surface area (Å²) < 4.78 is 68.4. The lowest BCUT2D eigenvalue weighted by Crippen LogP contribution is -2.30. The Morgan fingerprint density at radius 1 is 0.288 bits per heavy atom. The van der Waals surface area contributed by atoms with E-state index in [-0.39, 0.29) is 25.7 Å². The molecule has 0 spiro atoms. The van der Waals surface area contributed by atoms with Crippen molar-refractivity contribution in [2.24, 2.45) is 0 Å². The molecule has 0 radical (unpaired) electrons. The molecule has 0 aromatic heterocycles. The molecule has 19 heteroatoms. The second-order valence-electron chi connectivity index (χ2n) is 25.5. The third-order valence-corrected chi connectivity index (χ3v) is 17.6. The molecular weight excluding hydrogens is 1350 g/mol. The number of esters is 4. The van der Waals surface area contributed by atoms with Gasteiger partial charge < -0.3 is 33.8 Å². The lowest BCUT2D eigenvalue weighted by molar-refractivity contribution is -0.161. The average Bonchev–Trinajstić information content (AvgIpc) is 0.931. The zero-order chi connectivity index (χ0) is 76.0. The Balaban J connectivity index is 5.43. The number of allylic oxidation sites excluding steroid dienone is 27. The van der Waals surface area contributed by atoms with Crippen molar-refractivity contribution in [2.75, 3.05) is 39.6 Å². The van der Waals surface area contributed by atoms with E-state index in [0.29, 0.717) is 25.7 Å². The van der Waals surface area contributed by atoms with Crippen LogP contribution in [0.3, 0.4) is 0 Å². The molecule has 0 aliphatic carbocycles. The van der Waals surface area contributed by atoms with Crippen LogP contribution in [0.5, 0.6) is 0 Å². The van der Waals surface area contributed by atoms with Crippen molar-refractivity contribution in [3.8, 4) is 0 Å². The largest absolute Gasteiger partial charge is 0.472 e. The van der Waals surface area contributed by atoms with Gasteiger partial charge in [0.1, 0.15) is 19.3 Å². The van der Waals surface area contributed by atoms with E-state index in [4.69, 9.17) is 37.0 Å². The number of hydrogen-bond acceptors (Lipinski definition) is 15. The van der Waals surface area contributed by atoms with Gasteiger partial charge in [0.2, 0.25) is 0 Å². The predicted octanol–water partition coefficient (Wildman–Crippen LogP) is 23.0. The van der Waals surface area contributed by atoms with Gasteiger partial charge in [-0.25, -0.2) is 9.13 Å². The van der Waals surface area contributed by atoms with Crippen LogP contribution in [-0.2, 0) is 65.4 Å². The van der Waals surface area contributed by atoms with Crippen molar-refractivity contribution in [2.45, 2.75) is 303 Å². The van der Waals surface area contributed by atoms with E-state index in [1.54, 1.807) is 12.2 Å². The van der Waals surface area contributed by atoms with E-state index >= 15 is 0 Å². The Bertz CT molecular complexity index is 2640. The summed E-state index contributed by atoms with van der Waals surface area (Å²) in [6.07, 6.45) is 89.5. The van der Waals surface area contributed by atoms with E-state index in [2.05, 4.69) is 174 Å². The zero-order valence-corrected chi connectivity index (χ0v) is 66.2. The van der Waals surface area contributed by atoms with E-state index in [0.717, 1.165) is 167 Å². The third-order valence-electron chi connectivity index (χ3n) is 15.7. The number of hydrogen-bond donors (Lipinski definition) is 3. The van der Waals surface area contributed by atoms with E-state index in [1.807, 2.05) is 12.2 Å². The summed E-state index contributed by atoms with van der Waals surface area (Å²) in [6.45, 7) is 4.34. The molecule has 5 unspecified atom stereocenters. The van der Waals surface area contributed by atoms with E-state index in [9.17, 15) is 43.2 Å². The highest BCUT2D eigenvalue weighted by Gasteiger charge is 2.30. The molecule has 0 aromatic rings. The molecule has 5 atom stereocenters. The second-order valence-corrected chi connectivity index (χ2v) is 28.4. The Morgan fingerprint density at radius 2 is 0.538 bits per heavy atom. The fourth-order valence-corrected chi connectivity index (χ4v) is 11.4. The molecule has 0 rings (SSSR count). The number of ether oxygens (including phenoxy) is 4. The molecule has 0 amide bonds. The molecule has 0 aliphatic rings. The monoisotopic (exact) mass is 1490 g/mol. The van der Waals surface area contributed by atoms with Crippen LogP contribution in [0.1, 0.15) is 285 Å². The molecule has 104 heavy (non-hydrogen) atoms. The number of unbranched alkanes of at least 4 members (excludes halogenated alkanes) is 19. The van der Waals surface area contributed by atoms with Gasteiger partial charge in [0, 0.05) is 19.3 Å². The highest BCUT2D eigenvalue weighted by atomic mass is 31.2. The summed E-state index contributed by atoms with van der Waals surface area (Å²) >= 11 is 0. The van der Waals surface area contributed by atoms with Gasteiger partial charge in [-0.15, -0.1) is 0 Å². The third kappa shape index (κ3) is 74.7. The lowest BCUT2D eigenvalue weighted by atomic mass is 10.1. The molecule has 0 saturated heterocycles. The van der Waals surface area contributed by atoms with Crippen LogP contribution in [0.15, 0.2) is 170 Å². The molecule has 0 fully saturated rings. The van der Waals surface area contributed by atoms with Gasteiger partial charge in [0.15, 0.2) is 12.2 Å². The van der Waals surface area contributed by atoms with Gasteiger partial charge in [0.25, 0.3) is 0 Å². The maximum absolute atomic E-state index is 13.1. The maximum atomic E-state index is 13.1. The second kappa shape index (κ2) is 75.6. The SMILES string of the molecule is CC/C=C\C/C=C\C/C=C\C/C=C\C/C=C\CCCCCC(=O)OCC(COP(=O)(O)OCC(O)COP(=O)(O)OCC(COC(=O)CCCCCCCC/C=C\C/C=C\C/C=C\C/C=C\CC)OC(=O)C/C=C\C/C=C\C/C=C\C/C=C\C/C=C\CC)OC(=O)CCCCCCCCCCCCC. The summed E-state index contributed by atoms with van der Waals surface area (Å²) in [7, 11) is -10.0. The minimum atomic E-state index is -5.01. The Labute approximate surface area is 629 Å². The fourth-order valence-electron chi connectivity index (χ4n) is 9.84. The summed E-state index contributed by atoms with van der Waals surface area (Å²) in [5.74, 6) is -2.39. The number of rotatable bonds is 72.